The van der Waals surface area contributed by atoms with Gasteiger partial charge in [0.05, 0.1) is 27.5 Å². The number of hydrogen-bond acceptors (Lipinski definition) is 5. The molecule has 5 rings (SSSR count). The summed E-state index contributed by atoms with van der Waals surface area (Å²) in [6.45, 7) is 5.81. The predicted molar refractivity (Wildman–Crippen MR) is 147 cm³/mol. The topological polar surface area (TPSA) is 67.6 Å². The third kappa shape index (κ3) is 3.55. The molecular formula is C25H19BrN4O3S2. The molecule has 2 amide bonds. The predicted octanol–water partition coefficient (Wildman–Crippen LogP) is 4.56. The van der Waals surface area contributed by atoms with Gasteiger partial charge in [-0.15, -0.1) is 6.58 Å². The fourth-order valence-corrected chi connectivity index (χ4v) is 6.06. The van der Waals surface area contributed by atoms with E-state index in [2.05, 4.69) is 22.5 Å². The van der Waals surface area contributed by atoms with E-state index in [4.69, 9.17) is 12.2 Å². The summed E-state index contributed by atoms with van der Waals surface area (Å²) < 4.78 is 4.17. The number of fused-ring (bicyclic) bond motifs is 1. The summed E-state index contributed by atoms with van der Waals surface area (Å²) in [7, 11) is 1.75. The quantitative estimate of drug-likeness (QED) is 0.263. The number of anilines is 2. The smallest absolute Gasteiger partial charge is 0.296 e. The number of rotatable bonds is 4. The highest BCUT2D eigenvalue weighted by atomic mass is 79.9. The number of nitrogens with zero attached hydrogens (tertiary/aromatic N) is 4. The molecule has 2 aromatic carbocycles. The molecule has 0 radical (unpaired) electrons. The Morgan fingerprint density at radius 3 is 2.49 bits per heavy atom. The molecule has 2 aliphatic heterocycles. The Labute approximate surface area is 219 Å². The lowest BCUT2D eigenvalue weighted by Gasteiger charge is -2.14. The van der Waals surface area contributed by atoms with Crippen LogP contribution in [0.25, 0.3) is 11.3 Å². The molecule has 0 bridgehead atoms. The van der Waals surface area contributed by atoms with Crippen molar-refractivity contribution >= 4 is 73.0 Å². The van der Waals surface area contributed by atoms with Gasteiger partial charge < -0.3 is 4.90 Å². The highest BCUT2D eigenvalue weighted by Gasteiger charge is 2.44. The molecule has 1 aromatic heterocycles. The van der Waals surface area contributed by atoms with Crippen LogP contribution >= 0.6 is 39.9 Å². The SMILES string of the molecule is C=CCN1C(=O)C(=C2SC(=S)N(c3c(C)n(C)n(-c4ccccc4)c3=O)C2=O)c2cc(Br)ccc21. The van der Waals surface area contributed by atoms with Gasteiger partial charge in [0.1, 0.15) is 5.69 Å². The van der Waals surface area contributed by atoms with Gasteiger partial charge in [0.25, 0.3) is 17.4 Å². The van der Waals surface area contributed by atoms with Crippen LogP contribution in [-0.2, 0) is 16.6 Å². The second kappa shape index (κ2) is 8.78. The number of thiocarbonyl (C=S) groups is 1. The third-order valence-electron chi connectivity index (χ3n) is 6.03. The van der Waals surface area contributed by atoms with E-state index >= 15 is 0 Å². The van der Waals surface area contributed by atoms with Gasteiger partial charge in [0.15, 0.2) is 4.32 Å². The highest BCUT2D eigenvalue weighted by molar-refractivity contribution is 9.10. The minimum atomic E-state index is -0.485. The zero-order valence-electron chi connectivity index (χ0n) is 18.8. The van der Waals surface area contributed by atoms with Crippen molar-refractivity contribution in [2.75, 3.05) is 16.3 Å². The summed E-state index contributed by atoms with van der Waals surface area (Å²) in [5, 5.41) is 0. The fourth-order valence-electron chi connectivity index (χ4n) is 4.36. The van der Waals surface area contributed by atoms with Crippen LogP contribution in [0.4, 0.5) is 11.4 Å². The van der Waals surface area contributed by atoms with Crippen LogP contribution in [0.2, 0.25) is 0 Å². The molecule has 2 aliphatic rings. The van der Waals surface area contributed by atoms with Crippen molar-refractivity contribution in [2.45, 2.75) is 6.92 Å². The Bertz CT molecular complexity index is 1540. The Morgan fingerprint density at radius 1 is 1.09 bits per heavy atom. The average molecular weight is 567 g/mol. The lowest BCUT2D eigenvalue weighted by atomic mass is 10.1. The number of aromatic nitrogens is 2. The molecule has 7 nitrogen and oxygen atoms in total. The third-order valence-corrected chi connectivity index (χ3v) is 7.90. The van der Waals surface area contributed by atoms with Gasteiger partial charge in [-0.2, -0.15) is 0 Å². The van der Waals surface area contributed by atoms with E-state index in [1.807, 2.05) is 48.5 Å². The maximum Gasteiger partial charge on any atom is 0.296 e. The van der Waals surface area contributed by atoms with Crippen LogP contribution in [0.5, 0.6) is 0 Å². The Kier molecular flexibility index (Phi) is 5.90. The van der Waals surface area contributed by atoms with Crippen molar-refractivity contribution in [3.05, 3.63) is 92.2 Å². The van der Waals surface area contributed by atoms with Gasteiger partial charge in [-0.3, -0.25) is 24.0 Å². The van der Waals surface area contributed by atoms with Crippen molar-refractivity contribution in [1.29, 1.82) is 0 Å². The number of thioether (sulfide) groups is 1. The van der Waals surface area contributed by atoms with E-state index in [9.17, 15) is 14.4 Å². The molecule has 1 saturated heterocycles. The summed E-state index contributed by atoms with van der Waals surface area (Å²) in [6, 6.07) is 14.7. The number of para-hydroxylation sites is 1. The van der Waals surface area contributed by atoms with Gasteiger partial charge in [0, 0.05) is 23.6 Å². The van der Waals surface area contributed by atoms with Crippen LogP contribution in [-0.4, -0.2) is 32.0 Å². The normalized spacial score (nSPS) is 17.5. The second-order valence-electron chi connectivity index (χ2n) is 7.99. The molecule has 35 heavy (non-hydrogen) atoms. The molecule has 3 aromatic rings. The first-order valence-electron chi connectivity index (χ1n) is 10.6. The fraction of sp³-hybridized carbons (Fsp3) is 0.120. The first kappa shape index (κ1) is 23.5. The van der Waals surface area contributed by atoms with E-state index < -0.39 is 5.91 Å². The summed E-state index contributed by atoms with van der Waals surface area (Å²) >= 11 is 10.1. The van der Waals surface area contributed by atoms with Gasteiger partial charge in [-0.05, 0) is 37.3 Å². The number of hydrogen-bond donors (Lipinski definition) is 0. The summed E-state index contributed by atoms with van der Waals surface area (Å²) in [6.07, 6.45) is 1.64. The number of benzene rings is 2. The monoisotopic (exact) mass is 566 g/mol. The second-order valence-corrected chi connectivity index (χ2v) is 10.5. The van der Waals surface area contributed by atoms with E-state index in [1.165, 1.54) is 9.58 Å². The first-order chi connectivity index (χ1) is 16.8. The van der Waals surface area contributed by atoms with Gasteiger partial charge in [-0.1, -0.05) is 64.2 Å². The molecule has 3 heterocycles. The van der Waals surface area contributed by atoms with Crippen molar-refractivity contribution in [3.8, 4) is 5.69 Å². The molecular weight excluding hydrogens is 548 g/mol. The molecule has 0 N–H and O–H groups in total. The standard InChI is InChI=1S/C25H19BrN4O3S2/c1-4-12-28-18-11-10-15(26)13-17(18)19(22(28)31)21-24(33)29(25(34)35-21)20-14(2)27(3)30(23(20)32)16-8-6-5-7-9-16/h4-11,13H,1,12H2,2-3H3. The van der Waals surface area contributed by atoms with Crippen molar-refractivity contribution < 1.29 is 9.59 Å². The summed E-state index contributed by atoms with van der Waals surface area (Å²) in [4.78, 5) is 43.8. The average Bonchev–Trinajstić information content (AvgIpc) is 3.35. The molecule has 0 spiro atoms. The van der Waals surface area contributed by atoms with E-state index in [-0.39, 0.29) is 32.0 Å². The number of carbonyl (C=O) groups excluding carboxylic acids is 2. The Balaban J connectivity index is 1.67. The van der Waals surface area contributed by atoms with Crippen molar-refractivity contribution in [1.82, 2.24) is 9.36 Å². The van der Waals surface area contributed by atoms with Crippen molar-refractivity contribution in [2.24, 2.45) is 7.05 Å². The lowest BCUT2D eigenvalue weighted by molar-refractivity contribution is -0.115. The minimum Gasteiger partial charge on any atom is -0.304 e. The molecule has 0 unspecified atom stereocenters. The van der Waals surface area contributed by atoms with E-state index in [1.54, 1.807) is 29.6 Å². The lowest BCUT2D eigenvalue weighted by Crippen LogP contribution is -2.33. The van der Waals surface area contributed by atoms with Crippen LogP contribution in [0, 0.1) is 6.92 Å². The van der Waals surface area contributed by atoms with E-state index in [0.717, 1.165) is 16.2 Å². The van der Waals surface area contributed by atoms with E-state index in [0.29, 0.717) is 29.2 Å². The Hall–Kier alpha value is -3.21. The minimum absolute atomic E-state index is 0.178. The summed E-state index contributed by atoms with van der Waals surface area (Å²) in [5.74, 6) is -0.786. The first-order valence-corrected chi connectivity index (χ1v) is 12.6. The maximum atomic E-state index is 13.8. The highest BCUT2D eigenvalue weighted by Crippen LogP contribution is 2.46. The van der Waals surface area contributed by atoms with Crippen LogP contribution in [0.3, 0.4) is 0 Å². The molecule has 0 aliphatic carbocycles. The van der Waals surface area contributed by atoms with Crippen molar-refractivity contribution in [3.63, 3.8) is 0 Å². The maximum absolute atomic E-state index is 13.8. The largest absolute Gasteiger partial charge is 0.304 e. The van der Waals surface area contributed by atoms with Crippen LogP contribution < -0.4 is 15.4 Å². The molecule has 176 valence electrons. The Morgan fingerprint density at radius 2 is 1.80 bits per heavy atom. The zero-order chi connectivity index (χ0) is 25.0. The number of amides is 2. The molecule has 0 saturated carbocycles. The van der Waals surface area contributed by atoms with Gasteiger partial charge >= 0.3 is 0 Å². The van der Waals surface area contributed by atoms with Crippen LogP contribution in [0.15, 0.2) is 75.4 Å². The number of halogens is 1. The summed E-state index contributed by atoms with van der Waals surface area (Å²) in [5.41, 5.74) is 2.67. The molecule has 10 heteroatoms. The van der Waals surface area contributed by atoms with Gasteiger partial charge in [-0.25, -0.2) is 4.68 Å². The number of carbonyl (C=O) groups is 2. The molecule has 0 atom stereocenters. The van der Waals surface area contributed by atoms with Crippen LogP contribution in [0.1, 0.15) is 11.3 Å². The molecule has 1 fully saturated rings. The zero-order valence-corrected chi connectivity index (χ0v) is 22.0. The van der Waals surface area contributed by atoms with Gasteiger partial charge in [0.2, 0.25) is 0 Å².